The highest BCUT2D eigenvalue weighted by atomic mass is 19.1. The fraction of sp³-hybridized carbons (Fsp3) is 0.500. The van der Waals surface area contributed by atoms with Crippen LogP contribution < -0.4 is 5.73 Å². The molecule has 0 saturated heterocycles. The first-order valence-electron chi connectivity index (χ1n) is 4.52. The number of hydrogen-bond donors (Lipinski definition) is 1. The summed E-state index contributed by atoms with van der Waals surface area (Å²) in [6, 6.07) is 1.41. The first-order valence-corrected chi connectivity index (χ1v) is 4.52. The average molecular weight is 182 g/mol. The van der Waals surface area contributed by atoms with E-state index >= 15 is 0 Å². The predicted molar refractivity (Wildman–Crippen MR) is 50.8 cm³/mol. The first-order chi connectivity index (χ1) is 6.15. The summed E-state index contributed by atoms with van der Waals surface area (Å²) in [6.45, 7) is 3.93. The maximum Gasteiger partial charge on any atom is 0.213 e. The number of hydrogen-bond acceptors (Lipinski definition) is 2. The summed E-state index contributed by atoms with van der Waals surface area (Å²) in [6.07, 6.45) is 3.47. The Morgan fingerprint density at radius 3 is 2.85 bits per heavy atom. The molecular weight excluding hydrogens is 167 g/mol. The van der Waals surface area contributed by atoms with E-state index in [1.165, 1.54) is 12.3 Å². The largest absolute Gasteiger partial charge is 0.324 e. The molecule has 1 heterocycles. The lowest BCUT2D eigenvalue weighted by molar-refractivity contribution is 0.572. The minimum absolute atomic E-state index is 0.0156. The molecule has 13 heavy (non-hydrogen) atoms. The second-order valence-corrected chi connectivity index (χ2v) is 3.26. The molecule has 0 saturated carbocycles. The molecule has 1 aromatic heterocycles. The van der Waals surface area contributed by atoms with Crippen LogP contribution in [0.25, 0.3) is 0 Å². The summed E-state index contributed by atoms with van der Waals surface area (Å²) in [5.41, 5.74) is 7.72. The van der Waals surface area contributed by atoms with E-state index in [-0.39, 0.29) is 6.04 Å². The fourth-order valence-corrected chi connectivity index (χ4v) is 1.39. The van der Waals surface area contributed by atoms with Gasteiger partial charge in [0.05, 0.1) is 0 Å². The highest BCUT2D eigenvalue weighted by Crippen LogP contribution is 2.18. The molecule has 0 radical (unpaired) electrons. The van der Waals surface area contributed by atoms with Crippen molar-refractivity contribution in [1.29, 1.82) is 0 Å². The summed E-state index contributed by atoms with van der Waals surface area (Å²) in [5.74, 6) is -0.440. The highest BCUT2D eigenvalue weighted by molar-refractivity contribution is 5.25. The molecule has 1 aromatic rings. The normalized spacial score (nSPS) is 12.9. The van der Waals surface area contributed by atoms with Crippen molar-refractivity contribution in [2.24, 2.45) is 5.73 Å². The Kier molecular flexibility index (Phi) is 3.37. The number of halogens is 1. The van der Waals surface area contributed by atoms with Crippen molar-refractivity contribution in [1.82, 2.24) is 4.98 Å². The standard InChI is InChI=1S/C10H15FN2/c1-3-4-9(12)8-6-13-10(11)5-7(8)2/h5-6,9H,3-4,12H2,1-2H3/t9-/m1/s1. The van der Waals surface area contributed by atoms with E-state index < -0.39 is 5.95 Å². The number of nitrogens with two attached hydrogens (primary N) is 1. The van der Waals surface area contributed by atoms with Crippen LogP contribution in [0.4, 0.5) is 4.39 Å². The van der Waals surface area contributed by atoms with Crippen molar-refractivity contribution < 1.29 is 4.39 Å². The Morgan fingerprint density at radius 2 is 2.31 bits per heavy atom. The van der Waals surface area contributed by atoms with Crippen LogP contribution in [0, 0.1) is 12.9 Å². The minimum Gasteiger partial charge on any atom is -0.324 e. The predicted octanol–water partition coefficient (Wildman–Crippen LogP) is 2.33. The van der Waals surface area contributed by atoms with Crippen LogP contribution in [0.2, 0.25) is 0 Å². The molecule has 72 valence electrons. The summed E-state index contributed by atoms with van der Waals surface area (Å²) in [5, 5.41) is 0. The van der Waals surface area contributed by atoms with Gasteiger partial charge in [-0.1, -0.05) is 13.3 Å². The average Bonchev–Trinajstić information content (AvgIpc) is 2.04. The van der Waals surface area contributed by atoms with Gasteiger partial charge in [0.1, 0.15) is 0 Å². The topological polar surface area (TPSA) is 38.9 Å². The van der Waals surface area contributed by atoms with Gasteiger partial charge in [0.15, 0.2) is 0 Å². The van der Waals surface area contributed by atoms with Gasteiger partial charge in [-0.05, 0) is 30.5 Å². The van der Waals surface area contributed by atoms with Crippen LogP contribution in [-0.2, 0) is 0 Å². The quantitative estimate of drug-likeness (QED) is 0.728. The third-order valence-electron chi connectivity index (χ3n) is 2.12. The molecule has 0 aromatic carbocycles. The zero-order valence-corrected chi connectivity index (χ0v) is 8.05. The van der Waals surface area contributed by atoms with E-state index in [1.807, 2.05) is 6.92 Å². The molecule has 2 N–H and O–H groups in total. The van der Waals surface area contributed by atoms with Crippen molar-refractivity contribution in [2.75, 3.05) is 0 Å². The van der Waals surface area contributed by atoms with Gasteiger partial charge in [-0.25, -0.2) is 4.98 Å². The van der Waals surface area contributed by atoms with E-state index in [9.17, 15) is 4.39 Å². The van der Waals surface area contributed by atoms with Gasteiger partial charge in [-0.15, -0.1) is 0 Å². The SMILES string of the molecule is CCC[C@@H](N)c1cnc(F)cc1C. The highest BCUT2D eigenvalue weighted by Gasteiger charge is 2.08. The number of pyridine rings is 1. The van der Waals surface area contributed by atoms with E-state index in [0.29, 0.717) is 0 Å². The van der Waals surface area contributed by atoms with Gasteiger partial charge in [0.2, 0.25) is 5.95 Å². The second-order valence-electron chi connectivity index (χ2n) is 3.26. The smallest absolute Gasteiger partial charge is 0.213 e. The van der Waals surface area contributed by atoms with Gasteiger partial charge in [-0.3, -0.25) is 0 Å². The number of nitrogens with zero attached hydrogens (tertiary/aromatic N) is 1. The maximum atomic E-state index is 12.6. The van der Waals surface area contributed by atoms with E-state index in [2.05, 4.69) is 11.9 Å². The lowest BCUT2D eigenvalue weighted by atomic mass is 10.0. The molecule has 3 heteroatoms. The third kappa shape index (κ3) is 2.49. The molecule has 1 atom stereocenters. The number of aryl methyl sites for hydroxylation is 1. The van der Waals surface area contributed by atoms with E-state index in [0.717, 1.165) is 24.0 Å². The van der Waals surface area contributed by atoms with Crippen molar-refractivity contribution >= 4 is 0 Å². The van der Waals surface area contributed by atoms with Gasteiger partial charge in [0.25, 0.3) is 0 Å². The van der Waals surface area contributed by atoms with Crippen molar-refractivity contribution in [2.45, 2.75) is 32.7 Å². The lowest BCUT2D eigenvalue weighted by Gasteiger charge is -2.12. The second kappa shape index (κ2) is 4.33. The summed E-state index contributed by atoms with van der Waals surface area (Å²) >= 11 is 0. The molecule has 2 nitrogen and oxygen atoms in total. The van der Waals surface area contributed by atoms with Gasteiger partial charge < -0.3 is 5.73 Å². The molecule has 0 aliphatic carbocycles. The van der Waals surface area contributed by atoms with Crippen LogP contribution in [-0.4, -0.2) is 4.98 Å². The van der Waals surface area contributed by atoms with Crippen LogP contribution in [0.5, 0.6) is 0 Å². The summed E-state index contributed by atoms with van der Waals surface area (Å²) < 4.78 is 12.6. The van der Waals surface area contributed by atoms with Crippen LogP contribution in [0.1, 0.15) is 36.9 Å². The van der Waals surface area contributed by atoms with Crippen LogP contribution in [0.15, 0.2) is 12.3 Å². The zero-order valence-electron chi connectivity index (χ0n) is 8.05. The number of rotatable bonds is 3. The molecule has 0 fully saturated rings. The first kappa shape index (κ1) is 10.1. The third-order valence-corrected chi connectivity index (χ3v) is 2.12. The van der Waals surface area contributed by atoms with E-state index in [4.69, 9.17) is 5.73 Å². The summed E-state index contributed by atoms with van der Waals surface area (Å²) in [7, 11) is 0. The van der Waals surface area contributed by atoms with Crippen molar-refractivity contribution in [3.05, 3.63) is 29.3 Å². The molecule has 0 bridgehead atoms. The Bertz CT molecular complexity index is 286. The summed E-state index contributed by atoms with van der Waals surface area (Å²) in [4.78, 5) is 3.60. The van der Waals surface area contributed by atoms with Gasteiger partial charge in [-0.2, -0.15) is 4.39 Å². The molecule has 0 aliphatic rings. The Balaban J connectivity index is 2.88. The van der Waals surface area contributed by atoms with Crippen molar-refractivity contribution in [3.63, 3.8) is 0 Å². The lowest BCUT2D eigenvalue weighted by Crippen LogP contribution is -2.12. The van der Waals surface area contributed by atoms with Crippen molar-refractivity contribution in [3.8, 4) is 0 Å². The van der Waals surface area contributed by atoms with Crippen LogP contribution >= 0.6 is 0 Å². The molecule has 0 unspecified atom stereocenters. The molecular formula is C10H15FN2. The minimum atomic E-state index is -0.440. The molecule has 0 amide bonds. The number of aromatic nitrogens is 1. The van der Waals surface area contributed by atoms with Gasteiger partial charge >= 0.3 is 0 Å². The molecule has 1 rings (SSSR count). The fourth-order valence-electron chi connectivity index (χ4n) is 1.39. The van der Waals surface area contributed by atoms with Gasteiger partial charge in [0, 0.05) is 12.2 Å². The monoisotopic (exact) mass is 182 g/mol. The Hall–Kier alpha value is -0.960. The molecule has 0 aliphatic heterocycles. The van der Waals surface area contributed by atoms with Crippen LogP contribution in [0.3, 0.4) is 0 Å². The zero-order chi connectivity index (χ0) is 9.84. The van der Waals surface area contributed by atoms with E-state index in [1.54, 1.807) is 0 Å². The maximum absolute atomic E-state index is 12.6. The molecule has 0 spiro atoms. The Morgan fingerprint density at radius 1 is 1.62 bits per heavy atom. The Labute approximate surface area is 78.0 Å².